The van der Waals surface area contributed by atoms with E-state index in [1.54, 1.807) is 6.92 Å². The summed E-state index contributed by atoms with van der Waals surface area (Å²) in [6.07, 6.45) is 4.81. The zero-order valence-electron chi connectivity index (χ0n) is 13.7. The third-order valence-electron chi connectivity index (χ3n) is 4.67. The third kappa shape index (κ3) is 4.11. The van der Waals surface area contributed by atoms with Crippen LogP contribution in [0.4, 0.5) is 0 Å². The van der Waals surface area contributed by atoms with E-state index in [0.29, 0.717) is 17.6 Å². The number of benzene rings is 1. The van der Waals surface area contributed by atoms with E-state index in [1.807, 2.05) is 0 Å². The van der Waals surface area contributed by atoms with Crippen LogP contribution >= 0.6 is 12.4 Å². The lowest BCUT2D eigenvalue weighted by atomic mass is 10.0. The zero-order valence-corrected chi connectivity index (χ0v) is 16.1. The lowest BCUT2D eigenvalue weighted by molar-refractivity contribution is 0.345. The normalized spacial score (nSPS) is 26.8. The monoisotopic (exact) mass is 394 g/mol. The Hall–Kier alpha value is -0.670. The van der Waals surface area contributed by atoms with Crippen LogP contribution in [0, 0.1) is 6.92 Å². The molecule has 2 aliphatic rings. The molecule has 2 aliphatic heterocycles. The topological polar surface area (TPSA) is 92.3 Å². The van der Waals surface area contributed by atoms with Crippen molar-refractivity contribution in [2.24, 2.45) is 0 Å². The Bertz CT molecular complexity index is 812. The lowest BCUT2D eigenvalue weighted by Crippen LogP contribution is -2.48. The summed E-state index contributed by atoms with van der Waals surface area (Å²) >= 11 is 0. The number of hydrogen-bond donors (Lipinski definition) is 2. The van der Waals surface area contributed by atoms with Crippen molar-refractivity contribution in [2.75, 3.05) is 6.26 Å². The summed E-state index contributed by atoms with van der Waals surface area (Å²) in [5.74, 6) is 0. The molecular weight excluding hydrogens is 372 g/mol. The van der Waals surface area contributed by atoms with Crippen LogP contribution in [0.5, 0.6) is 0 Å². The molecule has 3 rings (SSSR count). The summed E-state index contributed by atoms with van der Waals surface area (Å²) in [6, 6.07) is 4.89. The first-order chi connectivity index (χ1) is 10.6. The molecule has 2 atom stereocenters. The van der Waals surface area contributed by atoms with E-state index >= 15 is 0 Å². The minimum Gasteiger partial charge on any atom is -0.311 e. The maximum Gasteiger partial charge on any atom is 0.241 e. The van der Waals surface area contributed by atoms with E-state index in [9.17, 15) is 16.8 Å². The highest BCUT2D eigenvalue weighted by Gasteiger charge is 2.35. The van der Waals surface area contributed by atoms with Crippen LogP contribution in [0.1, 0.15) is 31.2 Å². The first-order valence-electron chi connectivity index (χ1n) is 7.74. The highest BCUT2D eigenvalue weighted by Crippen LogP contribution is 2.28. The Balaban J connectivity index is 0.00000208. The fraction of sp³-hybridized carbons (Fsp3) is 0.600. The maximum absolute atomic E-state index is 12.7. The number of piperidine rings is 1. The number of fused-ring (bicyclic) bond motifs is 2. The van der Waals surface area contributed by atoms with Gasteiger partial charge in [0.1, 0.15) is 0 Å². The minimum absolute atomic E-state index is 0. The van der Waals surface area contributed by atoms with Crippen LogP contribution in [0.15, 0.2) is 28.0 Å². The Morgan fingerprint density at radius 3 is 2.21 bits per heavy atom. The molecule has 0 aliphatic carbocycles. The van der Waals surface area contributed by atoms with Gasteiger partial charge in [0.15, 0.2) is 9.84 Å². The van der Waals surface area contributed by atoms with Gasteiger partial charge in [-0.2, -0.15) is 0 Å². The maximum atomic E-state index is 12.7. The molecule has 2 heterocycles. The van der Waals surface area contributed by atoms with Crippen LogP contribution in [0.3, 0.4) is 0 Å². The number of hydrogen-bond acceptors (Lipinski definition) is 5. The molecule has 2 bridgehead atoms. The van der Waals surface area contributed by atoms with Crippen molar-refractivity contribution in [3.63, 3.8) is 0 Å². The highest BCUT2D eigenvalue weighted by molar-refractivity contribution is 7.91. The van der Waals surface area contributed by atoms with Crippen molar-refractivity contribution in [3.05, 3.63) is 23.8 Å². The Kier molecular flexibility index (Phi) is 5.66. The molecule has 0 amide bonds. The molecular formula is C15H23ClN2O4S2. The molecule has 2 N–H and O–H groups in total. The Morgan fingerprint density at radius 1 is 1.08 bits per heavy atom. The van der Waals surface area contributed by atoms with E-state index in [1.165, 1.54) is 18.2 Å². The number of nitrogens with one attached hydrogen (secondary N) is 2. The zero-order chi connectivity index (χ0) is 16.8. The van der Waals surface area contributed by atoms with Gasteiger partial charge in [-0.1, -0.05) is 6.07 Å². The largest absolute Gasteiger partial charge is 0.311 e. The van der Waals surface area contributed by atoms with Gasteiger partial charge in [0.25, 0.3) is 0 Å². The Morgan fingerprint density at radius 2 is 1.67 bits per heavy atom. The first-order valence-corrected chi connectivity index (χ1v) is 11.1. The van der Waals surface area contributed by atoms with Gasteiger partial charge >= 0.3 is 0 Å². The van der Waals surface area contributed by atoms with Crippen molar-refractivity contribution in [1.82, 2.24) is 10.0 Å². The van der Waals surface area contributed by atoms with Crippen molar-refractivity contribution >= 4 is 32.3 Å². The molecule has 0 spiro atoms. The number of aryl methyl sites for hydroxylation is 1. The molecule has 1 aromatic carbocycles. The Labute approximate surface area is 149 Å². The highest BCUT2D eigenvalue weighted by atomic mass is 35.5. The van der Waals surface area contributed by atoms with E-state index in [0.717, 1.165) is 31.9 Å². The average molecular weight is 395 g/mol. The summed E-state index contributed by atoms with van der Waals surface area (Å²) in [5, 5.41) is 3.47. The van der Waals surface area contributed by atoms with Gasteiger partial charge in [0.05, 0.1) is 9.79 Å². The number of sulfonamides is 1. The van der Waals surface area contributed by atoms with E-state index in [-0.39, 0.29) is 28.2 Å². The van der Waals surface area contributed by atoms with Crippen molar-refractivity contribution in [2.45, 2.75) is 60.5 Å². The van der Waals surface area contributed by atoms with Gasteiger partial charge in [-0.3, -0.25) is 0 Å². The fourth-order valence-corrected chi connectivity index (χ4v) is 5.79. The van der Waals surface area contributed by atoms with Crippen molar-refractivity contribution < 1.29 is 16.8 Å². The molecule has 9 heteroatoms. The first kappa shape index (κ1) is 19.7. The summed E-state index contributed by atoms with van der Waals surface area (Å²) in [5.41, 5.74) is 0.543. The minimum atomic E-state index is -3.73. The second-order valence-electron chi connectivity index (χ2n) is 6.63. The molecule has 1 aromatic rings. The van der Waals surface area contributed by atoms with Crippen molar-refractivity contribution in [1.29, 1.82) is 0 Å². The smallest absolute Gasteiger partial charge is 0.241 e. The standard InChI is InChI=1S/C15H22N2O4S2.ClH/c1-10-3-6-14(22(2,18)19)9-15(10)23(20,21)17-13-7-11-4-5-12(8-13)16-11;/h3,6,9,11-13,16-17H,4-5,7-8H2,1-2H3;1H. The summed E-state index contributed by atoms with van der Waals surface area (Å²) in [4.78, 5) is 0.0696. The molecule has 0 radical (unpaired) electrons. The van der Waals surface area contributed by atoms with Gasteiger partial charge in [0.2, 0.25) is 10.0 Å². The molecule has 2 saturated heterocycles. The van der Waals surface area contributed by atoms with Gasteiger partial charge < -0.3 is 5.32 Å². The second kappa shape index (κ2) is 6.92. The summed E-state index contributed by atoms with van der Waals surface area (Å²) in [7, 11) is -7.18. The molecule has 6 nitrogen and oxygen atoms in total. The molecule has 2 unspecified atom stereocenters. The predicted octanol–water partition coefficient (Wildman–Crippen LogP) is 1.38. The number of halogens is 1. The van der Waals surface area contributed by atoms with Crippen molar-refractivity contribution in [3.8, 4) is 0 Å². The van der Waals surface area contributed by atoms with Gasteiger partial charge in [0, 0.05) is 24.4 Å². The van der Waals surface area contributed by atoms with Crippen LogP contribution < -0.4 is 10.0 Å². The molecule has 136 valence electrons. The van der Waals surface area contributed by atoms with E-state index in [2.05, 4.69) is 10.0 Å². The quantitative estimate of drug-likeness (QED) is 0.804. The van der Waals surface area contributed by atoms with Crippen LogP contribution in [-0.2, 0) is 19.9 Å². The predicted molar refractivity (Wildman–Crippen MR) is 94.8 cm³/mol. The van der Waals surface area contributed by atoms with Crippen LogP contribution in [-0.4, -0.2) is 41.2 Å². The van der Waals surface area contributed by atoms with Gasteiger partial charge in [-0.15, -0.1) is 12.4 Å². The molecule has 2 fully saturated rings. The average Bonchev–Trinajstić information content (AvgIpc) is 2.76. The second-order valence-corrected chi connectivity index (χ2v) is 10.3. The third-order valence-corrected chi connectivity index (χ3v) is 7.44. The van der Waals surface area contributed by atoms with Gasteiger partial charge in [-0.25, -0.2) is 21.6 Å². The molecule has 0 aromatic heterocycles. The van der Waals surface area contributed by atoms with Gasteiger partial charge in [-0.05, 0) is 50.3 Å². The number of sulfone groups is 1. The SMILES string of the molecule is Cc1ccc(S(C)(=O)=O)cc1S(=O)(=O)NC1CC2CCC(C1)N2.Cl. The van der Waals surface area contributed by atoms with E-state index in [4.69, 9.17) is 0 Å². The molecule has 0 saturated carbocycles. The van der Waals surface area contributed by atoms with Crippen LogP contribution in [0.2, 0.25) is 0 Å². The number of rotatable bonds is 4. The van der Waals surface area contributed by atoms with E-state index < -0.39 is 19.9 Å². The fourth-order valence-electron chi connectivity index (χ4n) is 3.54. The summed E-state index contributed by atoms with van der Waals surface area (Å²) < 4.78 is 51.6. The van der Waals surface area contributed by atoms with Crippen LogP contribution in [0.25, 0.3) is 0 Å². The summed E-state index contributed by atoms with van der Waals surface area (Å²) in [6.45, 7) is 1.67. The molecule has 24 heavy (non-hydrogen) atoms. The lowest BCUT2D eigenvalue weighted by Gasteiger charge is -2.29.